The average Bonchev–Trinajstić information content (AvgIpc) is 3.03. The van der Waals surface area contributed by atoms with Gasteiger partial charge in [-0.15, -0.1) is 0 Å². The SMILES string of the molecule is COc1ccc(C(=O)C2CC(=O)N(C(=O)c3cccc4ccccc34)c3ccc(N4CCNCC4)cc32)cc1OC. The van der Waals surface area contributed by atoms with Crippen LogP contribution in [0.5, 0.6) is 11.5 Å². The molecular formula is C33H31N3O5. The highest BCUT2D eigenvalue weighted by Crippen LogP contribution is 2.42. The Hall–Kier alpha value is -4.69. The van der Waals surface area contributed by atoms with Crippen LogP contribution in [0.1, 0.15) is 38.6 Å². The maximum atomic E-state index is 14.0. The first-order valence-electron chi connectivity index (χ1n) is 13.7. The van der Waals surface area contributed by atoms with Gasteiger partial charge < -0.3 is 19.7 Å². The first-order chi connectivity index (χ1) is 20.0. The molecule has 1 fully saturated rings. The second-order valence-electron chi connectivity index (χ2n) is 10.2. The zero-order valence-corrected chi connectivity index (χ0v) is 23.1. The fraction of sp³-hybridized carbons (Fsp3) is 0.242. The summed E-state index contributed by atoms with van der Waals surface area (Å²) >= 11 is 0. The number of anilines is 2. The molecule has 0 aromatic heterocycles. The van der Waals surface area contributed by atoms with Crippen molar-refractivity contribution >= 4 is 39.7 Å². The lowest BCUT2D eigenvalue weighted by Crippen LogP contribution is -2.44. The Morgan fingerprint density at radius 1 is 0.854 bits per heavy atom. The maximum Gasteiger partial charge on any atom is 0.265 e. The number of ether oxygens (including phenoxy) is 2. The molecule has 4 aromatic rings. The van der Waals surface area contributed by atoms with Gasteiger partial charge in [-0.3, -0.25) is 14.4 Å². The highest BCUT2D eigenvalue weighted by atomic mass is 16.5. The topological polar surface area (TPSA) is 88.2 Å². The van der Waals surface area contributed by atoms with Crippen LogP contribution in [0.15, 0.2) is 78.9 Å². The number of nitrogens with zero attached hydrogens (tertiary/aromatic N) is 2. The van der Waals surface area contributed by atoms with E-state index in [-0.39, 0.29) is 12.2 Å². The van der Waals surface area contributed by atoms with E-state index in [4.69, 9.17) is 9.47 Å². The molecule has 2 aliphatic rings. The number of imide groups is 1. The molecule has 6 rings (SSSR count). The summed E-state index contributed by atoms with van der Waals surface area (Å²) in [6.07, 6.45) is -0.123. The average molecular weight is 550 g/mol. The number of nitrogens with one attached hydrogen (secondary N) is 1. The fourth-order valence-corrected chi connectivity index (χ4v) is 5.83. The molecule has 41 heavy (non-hydrogen) atoms. The standard InChI is InChI=1S/C33H31N3O5/c1-40-29-13-10-22(18-30(29)41-2)32(38)27-20-31(37)36(33(39)25-9-5-7-21-6-3-4-8-24(21)25)28-12-11-23(19-26(27)28)35-16-14-34-15-17-35/h3-13,18-19,27,34H,14-17,20H2,1-2H3. The number of ketones is 1. The van der Waals surface area contributed by atoms with Crippen LogP contribution < -0.4 is 24.6 Å². The smallest absolute Gasteiger partial charge is 0.265 e. The van der Waals surface area contributed by atoms with Crippen molar-refractivity contribution in [1.29, 1.82) is 0 Å². The third-order valence-corrected chi connectivity index (χ3v) is 7.95. The Kier molecular flexibility index (Phi) is 7.15. The summed E-state index contributed by atoms with van der Waals surface area (Å²) in [5, 5.41) is 5.05. The van der Waals surface area contributed by atoms with E-state index in [1.165, 1.54) is 19.1 Å². The van der Waals surface area contributed by atoms with Crippen molar-refractivity contribution in [2.45, 2.75) is 12.3 Å². The van der Waals surface area contributed by atoms with Crippen molar-refractivity contribution in [2.24, 2.45) is 0 Å². The summed E-state index contributed by atoms with van der Waals surface area (Å²) in [6.45, 7) is 3.36. The Bertz CT molecular complexity index is 1660. The highest BCUT2D eigenvalue weighted by molar-refractivity contribution is 6.27. The summed E-state index contributed by atoms with van der Waals surface area (Å²) < 4.78 is 10.8. The number of hydrogen-bond acceptors (Lipinski definition) is 7. The van der Waals surface area contributed by atoms with Gasteiger partial charge in [0.15, 0.2) is 17.3 Å². The Morgan fingerprint density at radius 3 is 2.39 bits per heavy atom. The van der Waals surface area contributed by atoms with E-state index in [0.717, 1.165) is 42.6 Å². The Morgan fingerprint density at radius 2 is 1.61 bits per heavy atom. The summed E-state index contributed by atoms with van der Waals surface area (Å²) in [6, 6.07) is 23.8. The van der Waals surface area contributed by atoms with Crippen molar-refractivity contribution in [3.8, 4) is 11.5 Å². The van der Waals surface area contributed by atoms with E-state index < -0.39 is 17.7 Å². The zero-order valence-electron chi connectivity index (χ0n) is 23.1. The molecule has 1 N–H and O–H groups in total. The third-order valence-electron chi connectivity index (χ3n) is 7.95. The van der Waals surface area contributed by atoms with Gasteiger partial charge in [-0.2, -0.15) is 0 Å². The lowest BCUT2D eigenvalue weighted by molar-refractivity contribution is -0.118. The van der Waals surface area contributed by atoms with Crippen molar-refractivity contribution in [2.75, 3.05) is 50.2 Å². The molecule has 1 saturated heterocycles. The predicted octanol–water partition coefficient (Wildman–Crippen LogP) is 4.81. The number of carbonyl (C=O) groups is 3. The van der Waals surface area contributed by atoms with E-state index in [2.05, 4.69) is 10.2 Å². The molecule has 8 heteroatoms. The second kappa shape index (κ2) is 11.1. The van der Waals surface area contributed by atoms with Crippen LogP contribution in [-0.2, 0) is 4.79 Å². The van der Waals surface area contributed by atoms with Gasteiger partial charge in [0.1, 0.15) is 0 Å². The van der Waals surface area contributed by atoms with Gasteiger partial charge in [0.2, 0.25) is 5.91 Å². The van der Waals surface area contributed by atoms with Gasteiger partial charge in [-0.05, 0) is 58.8 Å². The van der Waals surface area contributed by atoms with Crippen LogP contribution in [0.3, 0.4) is 0 Å². The van der Waals surface area contributed by atoms with Crippen molar-refractivity contribution < 1.29 is 23.9 Å². The van der Waals surface area contributed by atoms with Gasteiger partial charge in [0.25, 0.3) is 5.91 Å². The Labute approximate surface area is 238 Å². The molecule has 0 bridgehead atoms. The lowest BCUT2D eigenvalue weighted by atomic mass is 9.83. The van der Waals surface area contributed by atoms with Gasteiger partial charge in [-0.1, -0.05) is 36.4 Å². The number of fused-ring (bicyclic) bond motifs is 2. The van der Waals surface area contributed by atoms with Crippen LogP contribution in [0, 0.1) is 0 Å². The van der Waals surface area contributed by atoms with Gasteiger partial charge in [0.05, 0.1) is 25.8 Å². The molecule has 1 atom stereocenters. The van der Waals surface area contributed by atoms with Crippen molar-refractivity contribution in [1.82, 2.24) is 5.32 Å². The van der Waals surface area contributed by atoms with Crippen molar-refractivity contribution in [3.05, 3.63) is 95.6 Å². The molecule has 0 spiro atoms. The van der Waals surface area contributed by atoms with Gasteiger partial charge in [-0.25, -0.2) is 4.90 Å². The summed E-state index contributed by atoms with van der Waals surface area (Å²) in [5.41, 5.74) is 2.92. The molecule has 8 nitrogen and oxygen atoms in total. The number of benzene rings is 4. The summed E-state index contributed by atoms with van der Waals surface area (Å²) in [7, 11) is 3.05. The molecule has 0 radical (unpaired) electrons. The van der Waals surface area contributed by atoms with Crippen molar-refractivity contribution in [3.63, 3.8) is 0 Å². The maximum absolute atomic E-state index is 14.0. The van der Waals surface area contributed by atoms with Crippen LogP contribution in [0.25, 0.3) is 10.8 Å². The minimum Gasteiger partial charge on any atom is -0.493 e. The molecule has 0 saturated carbocycles. The van der Waals surface area contributed by atoms with E-state index in [1.807, 2.05) is 54.6 Å². The predicted molar refractivity (Wildman–Crippen MR) is 159 cm³/mol. The van der Waals surface area contributed by atoms with E-state index in [1.54, 1.807) is 24.3 Å². The molecular weight excluding hydrogens is 518 g/mol. The minimum absolute atomic E-state index is 0.123. The molecule has 0 aliphatic carbocycles. The molecule has 2 heterocycles. The highest BCUT2D eigenvalue weighted by Gasteiger charge is 2.40. The second-order valence-corrected chi connectivity index (χ2v) is 10.2. The largest absolute Gasteiger partial charge is 0.493 e. The van der Waals surface area contributed by atoms with Crippen LogP contribution in [0.4, 0.5) is 11.4 Å². The number of hydrogen-bond donors (Lipinski definition) is 1. The van der Waals surface area contributed by atoms with E-state index >= 15 is 0 Å². The zero-order chi connectivity index (χ0) is 28.5. The monoisotopic (exact) mass is 549 g/mol. The number of amides is 2. The number of carbonyl (C=O) groups excluding carboxylic acids is 3. The quantitative estimate of drug-likeness (QED) is 0.273. The summed E-state index contributed by atoms with van der Waals surface area (Å²) in [4.78, 5) is 45.3. The van der Waals surface area contributed by atoms with E-state index in [9.17, 15) is 14.4 Å². The van der Waals surface area contributed by atoms with Crippen LogP contribution in [0.2, 0.25) is 0 Å². The molecule has 2 amide bonds. The lowest BCUT2D eigenvalue weighted by Gasteiger charge is -2.35. The van der Waals surface area contributed by atoms with Gasteiger partial charge >= 0.3 is 0 Å². The van der Waals surface area contributed by atoms with Crippen LogP contribution in [-0.4, -0.2) is 58.0 Å². The Balaban J connectivity index is 1.45. The first-order valence-corrected chi connectivity index (χ1v) is 13.7. The number of Topliss-reactive ketones (excluding diaryl/α,β-unsaturated/α-hetero) is 1. The minimum atomic E-state index is -0.755. The van der Waals surface area contributed by atoms with Gasteiger partial charge in [0, 0.05) is 49.4 Å². The number of rotatable bonds is 6. The molecule has 208 valence electrons. The number of methoxy groups -OCH3 is 2. The molecule has 1 unspecified atom stereocenters. The normalized spacial score (nSPS) is 16.8. The first kappa shape index (κ1) is 26.5. The van der Waals surface area contributed by atoms with E-state index in [0.29, 0.717) is 33.9 Å². The molecule has 2 aliphatic heterocycles. The summed E-state index contributed by atoms with van der Waals surface area (Å²) in [5.74, 6) is -0.838. The number of piperazine rings is 1. The fourth-order valence-electron chi connectivity index (χ4n) is 5.83. The third kappa shape index (κ3) is 4.80. The van der Waals surface area contributed by atoms with Crippen LogP contribution >= 0.6 is 0 Å². The molecule has 4 aromatic carbocycles.